The van der Waals surface area contributed by atoms with Crippen molar-refractivity contribution < 1.29 is 4.74 Å². The molecule has 0 bridgehead atoms. The highest BCUT2D eigenvalue weighted by atomic mass is 32.2. The van der Waals surface area contributed by atoms with Crippen LogP contribution in [0.15, 0.2) is 71.0 Å². The normalized spacial score (nSPS) is 10.8. The van der Waals surface area contributed by atoms with Crippen molar-refractivity contribution in [3.63, 3.8) is 0 Å². The number of rotatable bonds is 12. The molecule has 0 saturated heterocycles. The predicted octanol–water partition coefficient (Wildman–Crippen LogP) is 4.88. The van der Waals surface area contributed by atoms with Gasteiger partial charge in [-0.2, -0.15) is 0 Å². The molecule has 152 valence electrons. The number of aromatic amines is 1. The lowest BCUT2D eigenvalue weighted by Gasteiger charge is -2.06. The van der Waals surface area contributed by atoms with Crippen LogP contribution in [0.4, 0.5) is 0 Å². The second kappa shape index (κ2) is 12.1. The van der Waals surface area contributed by atoms with Crippen LogP contribution in [-0.4, -0.2) is 27.3 Å². The highest BCUT2D eigenvalue weighted by molar-refractivity contribution is 7.99. The van der Waals surface area contributed by atoms with Gasteiger partial charge < -0.3 is 9.72 Å². The Labute approximate surface area is 176 Å². The maximum absolute atomic E-state index is 12.2. The molecule has 29 heavy (non-hydrogen) atoms. The molecule has 0 saturated carbocycles. The summed E-state index contributed by atoms with van der Waals surface area (Å²) in [6.45, 7) is 0.773. The highest BCUT2D eigenvalue weighted by Crippen LogP contribution is 2.15. The van der Waals surface area contributed by atoms with Crippen molar-refractivity contribution in [2.45, 2.75) is 43.7 Å². The molecule has 1 N–H and O–H groups in total. The van der Waals surface area contributed by atoms with Crippen LogP contribution < -0.4 is 10.3 Å². The van der Waals surface area contributed by atoms with Crippen LogP contribution in [0.5, 0.6) is 5.75 Å². The topological polar surface area (TPSA) is 67.9 Å². The first-order valence-corrected chi connectivity index (χ1v) is 11.1. The fourth-order valence-electron chi connectivity index (χ4n) is 2.94. The van der Waals surface area contributed by atoms with Crippen LogP contribution in [0.1, 0.15) is 43.2 Å². The minimum atomic E-state index is -0.0650. The number of H-pyrrole nitrogens is 1. The summed E-state index contributed by atoms with van der Waals surface area (Å²) in [5.74, 6) is 1.91. The molecule has 0 aliphatic carbocycles. The van der Waals surface area contributed by atoms with E-state index in [1.165, 1.54) is 19.3 Å². The van der Waals surface area contributed by atoms with E-state index in [1.807, 2.05) is 42.5 Å². The Hall–Kier alpha value is -2.60. The molecule has 0 spiro atoms. The van der Waals surface area contributed by atoms with Gasteiger partial charge in [0.25, 0.3) is 5.56 Å². The molecular weight excluding hydrogens is 382 g/mol. The van der Waals surface area contributed by atoms with Crippen LogP contribution in [0.3, 0.4) is 0 Å². The fraction of sp³-hybridized carbons (Fsp3) is 0.348. The van der Waals surface area contributed by atoms with E-state index < -0.39 is 0 Å². The maximum atomic E-state index is 12.2. The van der Waals surface area contributed by atoms with Gasteiger partial charge in [-0.05, 0) is 36.6 Å². The SMILES string of the molecule is O=c1[nH]c(SCCCCCCCOc2ccccc2)ncc1Cc1cccnc1. The van der Waals surface area contributed by atoms with Crippen molar-refractivity contribution in [1.82, 2.24) is 15.0 Å². The molecule has 0 aliphatic heterocycles. The number of hydrogen-bond donors (Lipinski definition) is 1. The Bertz CT molecular complexity index is 901. The smallest absolute Gasteiger partial charge is 0.255 e. The Kier molecular flexibility index (Phi) is 8.79. The van der Waals surface area contributed by atoms with Crippen LogP contribution >= 0.6 is 11.8 Å². The van der Waals surface area contributed by atoms with Crippen molar-refractivity contribution in [3.05, 3.63) is 82.5 Å². The summed E-state index contributed by atoms with van der Waals surface area (Å²) in [4.78, 5) is 23.6. The van der Waals surface area contributed by atoms with E-state index in [0.29, 0.717) is 17.1 Å². The Morgan fingerprint density at radius 3 is 2.55 bits per heavy atom. The van der Waals surface area contributed by atoms with Crippen LogP contribution in [-0.2, 0) is 6.42 Å². The minimum absolute atomic E-state index is 0.0650. The van der Waals surface area contributed by atoms with Crippen LogP contribution in [0.2, 0.25) is 0 Å². The molecule has 6 heteroatoms. The molecule has 0 amide bonds. The maximum Gasteiger partial charge on any atom is 0.255 e. The van der Waals surface area contributed by atoms with Gasteiger partial charge in [0.1, 0.15) is 5.75 Å². The van der Waals surface area contributed by atoms with Gasteiger partial charge in [-0.3, -0.25) is 9.78 Å². The Morgan fingerprint density at radius 2 is 1.76 bits per heavy atom. The molecule has 0 unspecified atom stereocenters. The summed E-state index contributed by atoms with van der Waals surface area (Å²) in [5.41, 5.74) is 1.61. The zero-order chi connectivity index (χ0) is 20.2. The number of para-hydroxylation sites is 1. The van der Waals surface area contributed by atoms with Gasteiger partial charge in [0.15, 0.2) is 5.16 Å². The molecule has 3 aromatic rings. The molecule has 3 rings (SSSR count). The van der Waals surface area contributed by atoms with Crippen LogP contribution in [0.25, 0.3) is 0 Å². The molecule has 5 nitrogen and oxygen atoms in total. The molecular formula is C23H27N3O2S. The van der Waals surface area contributed by atoms with Crippen molar-refractivity contribution in [3.8, 4) is 5.75 Å². The zero-order valence-corrected chi connectivity index (χ0v) is 17.4. The average molecular weight is 410 g/mol. The van der Waals surface area contributed by atoms with Crippen molar-refractivity contribution in [1.29, 1.82) is 0 Å². The third-order valence-electron chi connectivity index (χ3n) is 4.51. The number of thioether (sulfide) groups is 1. The lowest BCUT2D eigenvalue weighted by molar-refractivity contribution is 0.304. The molecule has 2 heterocycles. The van der Waals surface area contributed by atoms with E-state index in [4.69, 9.17) is 4.74 Å². The molecule has 1 aromatic carbocycles. The number of nitrogens with one attached hydrogen (secondary N) is 1. The predicted molar refractivity (Wildman–Crippen MR) is 118 cm³/mol. The summed E-state index contributed by atoms with van der Waals surface area (Å²) in [7, 11) is 0. The van der Waals surface area contributed by atoms with Gasteiger partial charge >= 0.3 is 0 Å². The summed E-state index contributed by atoms with van der Waals surface area (Å²) < 4.78 is 5.70. The fourth-order valence-corrected chi connectivity index (χ4v) is 3.77. The van der Waals surface area contributed by atoms with Gasteiger partial charge in [0, 0.05) is 36.3 Å². The molecule has 0 radical (unpaired) electrons. The van der Waals surface area contributed by atoms with E-state index >= 15 is 0 Å². The largest absolute Gasteiger partial charge is 0.494 e. The molecule has 2 aromatic heterocycles. The van der Waals surface area contributed by atoms with Crippen molar-refractivity contribution in [2.24, 2.45) is 0 Å². The molecule has 0 atom stereocenters. The zero-order valence-electron chi connectivity index (χ0n) is 16.5. The van der Waals surface area contributed by atoms with Gasteiger partial charge in [0.2, 0.25) is 0 Å². The van der Waals surface area contributed by atoms with Gasteiger partial charge in [0.05, 0.1) is 6.61 Å². The first kappa shape index (κ1) is 21.1. The number of hydrogen-bond acceptors (Lipinski definition) is 5. The monoisotopic (exact) mass is 409 g/mol. The Morgan fingerprint density at radius 1 is 0.931 bits per heavy atom. The van der Waals surface area contributed by atoms with E-state index in [-0.39, 0.29) is 5.56 Å². The van der Waals surface area contributed by atoms with Crippen molar-refractivity contribution in [2.75, 3.05) is 12.4 Å². The lowest BCUT2D eigenvalue weighted by atomic mass is 10.1. The summed E-state index contributed by atoms with van der Waals surface area (Å²) in [6.07, 6.45) is 11.5. The summed E-state index contributed by atoms with van der Waals surface area (Å²) >= 11 is 1.61. The number of ether oxygens (including phenoxy) is 1. The first-order chi connectivity index (χ1) is 14.3. The van der Waals surface area contributed by atoms with Gasteiger partial charge in [-0.25, -0.2) is 4.98 Å². The number of pyridine rings is 1. The minimum Gasteiger partial charge on any atom is -0.494 e. The highest BCUT2D eigenvalue weighted by Gasteiger charge is 2.05. The number of unbranched alkanes of at least 4 members (excludes halogenated alkanes) is 4. The summed E-state index contributed by atoms with van der Waals surface area (Å²) in [6, 6.07) is 13.8. The van der Waals surface area contributed by atoms with E-state index in [9.17, 15) is 4.79 Å². The number of benzene rings is 1. The second-order valence-corrected chi connectivity index (χ2v) is 7.94. The third kappa shape index (κ3) is 7.74. The molecule has 0 aliphatic rings. The second-order valence-electron chi connectivity index (χ2n) is 6.86. The quantitative estimate of drug-likeness (QED) is 0.262. The summed E-state index contributed by atoms with van der Waals surface area (Å²) in [5, 5.41) is 0.696. The third-order valence-corrected chi connectivity index (χ3v) is 5.48. The van der Waals surface area contributed by atoms with Gasteiger partial charge in [-0.15, -0.1) is 0 Å². The number of nitrogens with zero attached hydrogens (tertiary/aromatic N) is 2. The number of aromatic nitrogens is 3. The first-order valence-electron chi connectivity index (χ1n) is 10.1. The van der Waals surface area contributed by atoms with Crippen molar-refractivity contribution >= 4 is 11.8 Å². The molecule has 0 fully saturated rings. The van der Waals surface area contributed by atoms with E-state index in [2.05, 4.69) is 15.0 Å². The standard InChI is InChI=1S/C23H27N3O2S/c27-22-20(16-19-10-9-13-24-17-19)18-25-23(26-22)29-15-8-3-1-2-7-14-28-21-11-5-4-6-12-21/h4-6,9-13,17-18H,1-3,7-8,14-16H2,(H,25,26,27). The lowest BCUT2D eigenvalue weighted by Crippen LogP contribution is -2.14. The van der Waals surface area contributed by atoms with Crippen LogP contribution in [0, 0.1) is 0 Å². The Balaban J connectivity index is 1.27. The average Bonchev–Trinajstić information content (AvgIpc) is 2.76. The van der Waals surface area contributed by atoms with E-state index in [1.54, 1.807) is 30.4 Å². The van der Waals surface area contributed by atoms with Gasteiger partial charge in [-0.1, -0.05) is 55.3 Å². The van der Waals surface area contributed by atoms with E-state index in [0.717, 1.165) is 36.5 Å².